The number of nitrogens with one attached hydrogen (secondary N) is 1. The van der Waals surface area contributed by atoms with Crippen LogP contribution in [0.15, 0.2) is 24.3 Å². The largest absolute Gasteiger partial charge is 0.481 e. The molecule has 0 bridgehead atoms. The molecule has 1 amide bonds. The zero-order chi connectivity index (χ0) is 15.2. The Labute approximate surface area is 124 Å². The molecular weight excluding hydrogens is 270 g/mol. The van der Waals surface area contributed by atoms with E-state index in [2.05, 4.69) is 5.32 Å². The molecule has 1 aliphatic rings. The van der Waals surface area contributed by atoms with Crippen LogP contribution in [0, 0.1) is 11.8 Å². The molecule has 0 spiro atoms. The molecule has 1 aromatic rings. The van der Waals surface area contributed by atoms with E-state index in [9.17, 15) is 9.59 Å². The van der Waals surface area contributed by atoms with Crippen molar-refractivity contribution in [2.45, 2.75) is 26.2 Å². The lowest BCUT2D eigenvalue weighted by atomic mass is 10.0. The van der Waals surface area contributed by atoms with Gasteiger partial charge in [-0.05, 0) is 36.5 Å². The van der Waals surface area contributed by atoms with Gasteiger partial charge in [0.15, 0.2) is 0 Å². The average Bonchev–Trinajstić information content (AvgIpc) is 2.93. The van der Waals surface area contributed by atoms with Crippen LogP contribution in [0.3, 0.4) is 0 Å². The summed E-state index contributed by atoms with van der Waals surface area (Å²) in [5, 5.41) is 11.7. The number of carboxylic acids is 1. The monoisotopic (exact) mass is 291 g/mol. The van der Waals surface area contributed by atoms with E-state index in [4.69, 9.17) is 9.84 Å². The third-order valence-electron chi connectivity index (χ3n) is 3.70. The van der Waals surface area contributed by atoms with Crippen molar-refractivity contribution in [1.82, 2.24) is 0 Å². The van der Waals surface area contributed by atoms with E-state index in [0.717, 1.165) is 24.3 Å². The number of hydrogen-bond acceptors (Lipinski definition) is 3. The number of carbonyl (C=O) groups is 2. The second-order valence-electron chi connectivity index (χ2n) is 5.62. The first-order valence-electron chi connectivity index (χ1n) is 7.24. The third kappa shape index (κ3) is 4.86. The Bertz CT molecular complexity index is 492. The highest BCUT2D eigenvalue weighted by atomic mass is 16.5. The summed E-state index contributed by atoms with van der Waals surface area (Å²) >= 11 is 0. The normalized spacial score (nSPS) is 19.2. The van der Waals surface area contributed by atoms with E-state index in [1.54, 1.807) is 6.92 Å². The van der Waals surface area contributed by atoms with E-state index < -0.39 is 11.9 Å². The van der Waals surface area contributed by atoms with Crippen molar-refractivity contribution in [2.75, 3.05) is 18.5 Å². The number of aliphatic carboxylic acids is 1. The highest BCUT2D eigenvalue weighted by Gasteiger charge is 2.19. The van der Waals surface area contributed by atoms with Gasteiger partial charge in [-0.25, -0.2) is 0 Å². The van der Waals surface area contributed by atoms with Crippen molar-refractivity contribution >= 4 is 17.6 Å². The first-order chi connectivity index (χ1) is 10.0. The molecule has 0 aromatic heterocycles. The number of amides is 1. The van der Waals surface area contributed by atoms with Crippen LogP contribution in [-0.4, -0.2) is 30.2 Å². The van der Waals surface area contributed by atoms with Gasteiger partial charge in [0.05, 0.1) is 5.92 Å². The molecule has 0 saturated carbocycles. The summed E-state index contributed by atoms with van der Waals surface area (Å²) in [6.45, 7) is 3.09. The first-order valence-corrected chi connectivity index (χ1v) is 7.24. The maximum absolute atomic E-state index is 11.9. The van der Waals surface area contributed by atoms with Crippen LogP contribution in [0.1, 0.15) is 25.3 Å². The smallest absolute Gasteiger partial charge is 0.306 e. The van der Waals surface area contributed by atoms with Crippen LogP contribution in [0.25, 0.3) is 0 Å². The molecule has 1 saturated heterocycles. The van der Waals surface area contributed by atoms with Crippen molar-refractivity contribution in [3.05, 3.63) is 29.8 Å². The van der Waals surface area contributed by atoms with E-state index in [1.165, 1.54) is 0 Å². The van der Waals surface area contributed by atoms with Gasteiger partial charge in [0.1, 0.15) is 0 Å². The molecule has 0 radical (unpaired) electrons. The van der Waals surface area contributed by atoms with Crippen molar-refractivity contribution in [1.29, 1.82) is 0 Å². The average molecular weight is 291 g/mol. The van der Waals surface area contributed by atoms with E-state index in [1.807, 2.05) is 24.3 Å². The summed E-state index contributed by atoms with van der Waals surface area (Å²) in [6, 6.07) is 7.33. The van der Waals surface area contributed by atoms with Gasteiger partial charge in [0, 0.05) is 25.3 Å². The molecule has 21 heavy (non-hydrogen) atoms. The second kappa shape index (κ2) is 7.22. The van der Waals surface area contributed by atoms with Gasteiger partial charge in [-0.15, -0.1) is 0 Å². The highest BCUT2D eigenvalue weighted by Crippen LogP contribution is 2.18. The Morgan fingerprint density at radius 2 is 2.10 bits per heavy atom. The summed E-state index contributed by atoms with van der Waals surface area (Å²) in [4.78, 5) is 22.7. The molecule has 2 atom stereocenters. The van der Waals surface area contributed by atoms with Gasteiger partial charge >= 0.3 is 5.97 Å². The van der Waals surface area contributed by atoms with Crippen LogP contribution >= 0.6 is 0 Å². The fourth-order valence-corrected chi connectivity index (χ4v) is 2.38. The minimum Gasteiger partial charge on any atom is -0.481 e. The van der Waals surface area contributed by atoms with Crippen molar-refractivity contribution in [3.8, 4) is 0 Å². The van der Waals surface area contributed by atoms with Gasteiger partial charge in [0.25, 0.3) is 0 Å². The zero-order valence-corrected chi connectivity index (χ0v) is 12.2. The molecular formula is C16H21NO4. The number of carbonyl (C=O) groups excluding carboxylic acids is 1. The lowest BCUT2D eigenvalue weighted by Crippen LogP contribution is -2.16. The lowest BCUT2D eigenvalue weighted by Gasteiger charge is -2.10. The van der Waals surface area contributed by atoms with E-state index in [-0.39, 0.29) is 5.91 Å². The number of benzene rings is 1. The summed E-state index contributed by atoms with van der Waals surface area (Å²) < 4.78 is 5.25. The first kappa shape index (κ1) is 15.5. The molecule has 1 heterocycles. The van der Waals surface area contributed by atoms with Crippen LogP contribution in [-0.2, 0) is 20.7 Å². The van der Waals surface area contributed by atoms with E-state index >= 15 is 0 Å². The molecule has 2 unspecified atom stereocenters. The predicted molar refractivity (Wildman–Crippen MR) is 79.1 cm³/mol. The van der Waals surface area contributed by atoms with Gasteiger partial charge in [0.2, 0.25) is 5.91 Å². The molecule has 1 fully saturated rings. The number of anilines is 1. The number of hydrogen-bond donors (Lipinski definition) is 2. The standard InChI is InChI=1S/C16H21NO4/c1-11(16(19)20)8-12-2-4-14(5-3-12)17-15(18)9-13-6-7-21-10-13/h2-5,11,13H,6-10H2,1H3,(H,17,18)(H,19,20). The quantitative estimate of drug-likeness (QED) is 0.843. The molecule has 5 heteroatoms. The van der Waals surface area contributed by atoms with Gasteiger partial charge in [-0.2, -0.15) is 0 Å². The Hall–Kier alpha value is -1.88. The fraction of sp³-hybridized carbons (Fsp3) is 0.500. The Morgan fingerprint density at radius 3 is 2.67 bits per heavy atom. The number of carboxylic acid groups (broad SMARTS) is 1. The van der Waals surface area contributed by atoms with Crippen LogP contribution in [0.2, 0.25) is 0 Å². The summed E-state index contributed by atoms with van der Waals surface area (Å²) in [5.74, 6) is -0.892. The van der Waals surface area contributed by atoms with Gasteiger partial charge < -0.3 is 15.2 Å². The van der Waals surface area contributed by atoms with Gasteiger partial charge in [-0.1, -0.05) is 19.1 Å². The fourth-order valence-electron chi connectivity index (χ4n) is 2.38. The summed E-state index contributed by atoms with van der Waals surface area (Å²) in [7, 11) is 0. The third-order valence-corrected chi connectivity index (χ3v) is 3.70. The predicted octanol–water partition coefficient (Wildman–Crippen LogP) is 2.31. The molecule has 5 nitrogen and oxygen atoms in total. The molecule has 2 N–H and O–H groups in total. The summed E-state index contributed by atoms with van der Waals surface area (Å²) in [6.07, 6.45) is 1.92. The molecule has 1 aromatic carbocycles. The molecule has 114 valence electrons. The minimum atomic E-state index is -0.800. The minimum absolute atomic E-state index is 0.00264. The molecule has 2 rings (SSSR count). The van der Waals surface area contributed by atoms with Crippen LogP contribution in [0.4, 0.5) is 5.69 Å². The lowest BCUT2D eigenvalue weighted by molar-refractivity contribution is -0.141. The van der Waals surface area contributed by atoms with Crippen molar-refractivity contribution in [3.63, 3.8) is 0 Å². The second-order valence-corrected chi connectivity index (χ2v) is 5.62. The van der Waals surface area contributed by atoms with Crippen LogP contribution < -0.4 is 5.32 Å². The van der Waals surface area contributed by atoms with Crippen molar-refractivity contribution < 1.29 is 19.4 Å². The SMILES string of the molecule is CC(Cc1ccc(NC(=O)CC2CCOC2)cc1)C(=O)O. The molecule has 1 aliphatic heterocycles. The maximum Gasteiger partial charge on any atom is 0.306 e. The number of ether oxygens (including phenoxy) is 1. The maximum atomic E-state index is 11.9. The number of rotatable bonds is 6. The van der Waals surface area contributed by atoms with E-state index in [0.29, 0.717) is 25.4 Å². The van der Waals surface area contributed by atoms with Crippen LogP contribution in [0.5, 0.6) is 0 Å². The Morgan fingerprint density at radius 1 is 1.38 bits per heavy atom. The summed E-state index contributed by atoms with van der Waals surface area (Å²) in [5.41, 5.74) is 1.69. The topological polar surface area (TPSA) is 75.6 Å². The Kier molecular flexibility index (Phi) is 5.33. The highest BCUT2D eigenvalue weighted by molar-refractivity contribution is 5.90. The Balaban J connectivity index is 1.83. The van der Waals surface area contributed by atoms with Crippen molar-refractivity contribution in [2.24, 2.45) is 11.8 Å². The molecule has 0 aliphatic carbocycles. The van der Waals surface area contributed by atoms with Gasteiger partial charge in [-0.3, -0.25) is 9.59 Å². The zero-order valence-electron chi connectivity index (χ0n) is 12.2.